The van der Waals surface area contributed by atoms with E-state index in [-0.39, 0.29) is 66.1 Å². The zero-order chi connectivity index (χ0) is 55.7. The molecule has 4 amide bonds. The third-order valence-corrected chi connectivity index (χ3v) is 17.0. The maximum absolute atomic E-state index is 13.3. The van der Waals surface area contributed by atoms with Crippen LogP contribution in [0.2, 0.25) is 0 Å². The van der Waals surface area contributed by atoms with Crippen molar-refractivity contribution in [3.05, 3.63) is 93.7 Å². The summed E-state index contributed by atoms with van der Waals surface area (Å²) < 4.78 is 79.5. The van der Waals surface area contributed by atoms with Gasteiger partial charge in [-0.05, 0) is 132 Å². The molecular weight excluding hydrogens is 1020 g/mol. The van der Waals surface area contributed by atoms with Crippen LogP contribution in [-0.2, 0) is 66.3 Å². The van der Waals surface area contributed by atoms with E-state index in [0.29, 0.717) is 97.6 Å². The van der Waals surface area contributed by atoms with Crippen molar-refractivity contribution in [1.82, 2.24) is 15.7 Å². The molecule has 3 aromatic rings. The van der Waals surface area contributed by atoms with Gasteiger partial charge in [0.2, 0.25) is 11.6 Å². The number of imide groups is 1. The first-order valence-electron chi connectivity index (χ1n) is 25.7. The van der Waals surface area contributed by atoms with E-state index in [1.807, 2.05) is 71.3 Å². The average Bonchev–Trinajstić information content (AvgIpc) is 3.89. The van der Waals surface area contributed by atoms with Gasteiger partial charge in [-0.1, -0.05) is 26.3 Å². The average molecular weight is 1090 g/mol. The number of ether oxygens (including phenoxy) is 1. The Labute approximate surface area is 444 Å². The SMILES string of the molecule is Cc1c(C)c2c(c(C)c1O)CCC(C)(C(=O)NCCNC(=O)CCCCCN1/C(=C/C=C/C3=[N+](CCCCCC(=O)ON4C(=O)CCC4=O)c4ccc(S(=O)(=O)[O-])cc4C3(C)C)C(C)(C)c3cc(S(=O)(=O)O)ccc31)O2. The van der Waals surface area contributed by atoms with Gasteiger partial charge >= 0.3 is 5.97 Å². The molecule has 4 aliphatic heterocycles. The smallest absolute Gasteiger partial charge is 0.333 e. The number of unbranched alkanes of at least 4 members (excludes halogenated alkanes) is 4. The third-order valence-electron chi connectivity index (χ3n) is 15.3. The number of phenols is 1. The lowest BCUT2D eigenvalue weighted by Gasteiger charge is -2.36. The number of allylic oxidation sites excluding steroid dienone is 4. The van der Waals surface area contributed by atoms with E-state index in [1.165, 1.54) is 24.3 Å². The van der Waals surface area contributed by atoms with Crippen molar-refractivity contribution in [1.29, 1.82) is 0 Å². The summed E-state index contributed by atoms with van der Waals surface area (Å²) in [5.41, 5.74) is 4.90. The minimum absolute atomic E-state index is 0.00637. The molecule has 76 heavy (non-hydrogen) atoms. The number of carbonyl (C=O) groups is 5. The molecule has 1 atom stereocenters. The molecule has 7 rings (SSSR count). The second kappa shape index (κ2) is 22.3. The summed E-state index contributed by atoms with van der Waals surface area (Å²) in [6, 6.07) is 8.81. The lowest BCUT2D eigenvalue weighted by Crippen LogP contribution is -2.52. The van der Waals surface area contributed by atoms with Crippen LogP contribution < -0.4 is 20.3 Å². The minimum atomic E-state index is -4.78. The number of hydroxylamine groups is 2. The largest absolute Gasteiger partial charge is 0.744 e. The molecule has 21 heteroatoms. The van der Waals surface area contributed by atoms with Gasteiger partial charge in [0.1, 0.15) is 28.2 Å². The summed E-state index contributed by atoms with van der Waals surface area (Å²) >= 11 is 0. The summed E-state index contributed by atoms with van der Waals surface area (Å²) in [5, 5.41) is 16.8. The number of phenolic OH excluding ortho intramolecular Hbond substituents is 1. The molecule has 0 radical (unpaired) electrons. The zero-order valence-corrected chi connectivity index (χ0v) is 46.1. The van der Waals surface area contributed by atoms with Crippen LogP contribution in [0.25, 0.3) is 0 Å². The number of anilines is 1. The molecule has 0 aromatic heterocycles. The number of fused-ring (bicyclic) bond motifs is 3. The van der Waals surface area contributed by atoms with E-state index < -0.39 is 54.5 Å². The molecule has 4 aliphatic rings. The summed E-state index contributed by atoms with van der Waals surface area (Å²) in [6.07, 6.45) is 10.4. The Hall–Kier alpha value is -6.42. The molecule has 3 aromatic carbocycles. The number of nitrogens with one attached hydrogen (secondary N) is 2. The van der Waals surface area contributed by atoms with Gasteiger partial charge in [-0.3, -0.25) is 23.7 Å². The van der Waals surface area contributed by atoms with Crippen LogP contribution in [0.3, 0.4) is 0 Å². The molecule has 0 spiro atoms. The molecule has 19 nitrogen and oxygen atoms in total. The quantitative estimate of drug-likeness (QED) is 0.0369. The second-order valence-electron chi connectivity index (χ2n) is 21.3. The van der Waals surface area contributed by atoms with Gasteiger partial charge in [-0.2, -0.15) is 13.0 Å². The maximum atomic E-state index is 13.3. The van der Waals surface area contributed by atoms with E-state index in [4.69, 9.17) is 9.57 Å². The third kappa shape index (κ3) is 11.9. The van der Waals surface area contributed by atoms with E-state index in [0.717, 1.165) is 33.8 Å². The minimum Gasteiger partial charge on any atom is -0.744 e. The number of nitrogens with zero attached hydrogens (tertiary/aromatic N) is 3. The summed E-state index contributed by atoms with van der Waals surface area (Å²) in [4.78, 5) is 69.0. The predicted molar refractivity (Wildman–Crippen MR) is 281 cm³/mol. The highest BCUT2D eigenvalue weighted by molar-refractivity contribution is 7.86. The topological polar surface area (TPSA) is 269 Å². The molecule has 0 saturated carbocycles. The van der Waals surface area contributed by atoms with E-state index in [9.17, 15) is 55.0 Å². The standard InChI is InChI=1S/C55H69N5O14S2/c1-34-35(2)51-39(36(3)50(34)65)26-27-55(8,73-51)52(66)57-29-28-56-46(61)18-11-9-13-30-58-42-22-20-37(75(67,68)69)32-40(42)53(4,5)44(58)16-15-17-45-54(6,7)41-33-38(76(70,71)72)21-23-43(41)59(45)31-14-10-12-19-49(64)74-60-47(62)24-25-48(60)63/h15-17,20-23,32-33H,9-14,18-19,24-31H2,1-8H3,(H4-,56,57,61,65,66,67,68,69,70,71,72). The number of carbonyl (C=O) groups excluding carboxylic acids is 5. The van der Waals surface area contributed by atoms with Crippen molar-refractivity contribution in [3.63, 3.8) is 0 Å². The Morgan fingerprint density at radius 3 is 2.13 bits per heavy atom. The van der Waals surface area contributed by atoms with Crippen molar-refractivity contribution >= 4 is 66.9 Å². The maximum Gasteiger partial charge on any atom is 0.333 e. The number of hydrogen-bond donors (Lipinski definition) is 4. The van der Waals surface area contributed by atoms with Gasteiger partial charge < -0.3 is 34.8 Å². The molecule has 4 N–H and O–H groups in total. The molecule has 0 bridgehead atoms. The summed E-state index contributed by atoms with van der Waals surface area (Å²) in [5.74, 6) is -1.39. The van der Waals surface area contributed by atoms with Crippen molar-refractivity contribution in [2.24, 2.45) is 0 Å². The van der Waals surface area contributed by atoms with Crippen molar-refractivity contribution in [3.8, 4) is 11.5 Å². The van der Waals surface area contributed by atoms with Gasteiger partial charge in [-0.25, -0.2) is 13.2 Å². The Kier molecular flexibility index (Phi) is 16.8. The van der Waals surface area contributed by atoms with E-state index in [1.54, 1.807) is 19.1 Å². The summed E-state index contributed by atoms with van der Waals surface area (Å²) in [7, 11) is -9.30. The van der Waals surface area contributed by atoms with Crippen molar-refractivity contribution in [2.75, 3.05) is 31.1 Å². The number of benzene rings is 3. The second-order valence-corrected chi connectivity index (χ2v) is 24.1. The first kappa shape index (κ1) is 57.3. The highest BCUT2D eigenvalue weighted by atomic mass is 32.2. The monoisotopic (exact) mass is 1090 g/mol. The Morgan fingerprint density at radius 2 is 1.45 bits per heavy atom. The molecule has 1 fully saturated rings. The van der Waals surface area contributed by atoms with Crippen molar-refractivity contribution in [2.45, 2.75) is 159 Å². The molecule has 1 unspecified atom stereocenters. The Balaban J connectivity index is 0.999. The molecule has 4 heterocycles. The van der Waals surface area contributed by atoms with Crippen LogP contribution in [0.5, 0.6) is 11.5 Å². The Morgan fingerprint density at radius 1 is 0.803 bits per heavy atom. The van der Waals surface area contributed by atoms with Crippen LogP contribution in [0.4, 0.5) is 11.4 Å². The number of rotatable bonds is 21. The number of aromatic hydroxyl groups is 1. The van der Waals surface area contributed by atoms with Gasteiger partial charge in [-0.15, -0.1) is 5.06 Å². The van der Waals surface area contributed by atoms with Gasteiger partial charge in [0.05, 0.1) is 15.2 Å². The Bertz CT molecular complexity index is 3180. The molecular formula is C55H69N5O14S2. The fourth-order valence-electron chi connectivity index (χ4n) is 10.7. The van der Waals surface area contributed by atoms with Gasteiger partial charge in [0.25, 0.3) is 27.8 Å². The lowest BCUT2D eigenvalue weighted by atomic mass is 9.81. The first-order chi connectivity index (χ1) is 35.6. The fourth-order valence-corrected chi connectivity index (χ4v) is 11.7. The number of hydrogen-bond acceptors (Lipinski definition) is 14. The predicted octanol–water partition coefficient (Wildman–Crippen LogP) is 6.83. The zero-order valence-electron chi connectivity index (χ0n) is 44.5. The van der Waals surface area contributed by atoms with Crippen LogP contribution >= 0.6 is 0 Å². The molecule has 0 aliphatic carbocycles. The highest BCUT2D eigenvalue weighted by Crippen LogP contribution is 2.49. The lowest BCUT2D eigenvalue weighted by molar-refractivity contribution is -0.438. The van der Waals surface area contributed by atoms with Gasteiger partial charge in [0, 0.05) is 98.2 Å². The normalized spacial score (nSPS) is 19.3. The number of amides is 4. The highest BCUT2D eigenvalue weighted by Gasteiger charge is 2.46. The van der Waals surface area contributed by atoms with Crippen LogP contribution in [0.15, 0.2) is 70.1 Å². The molecule has 1 saturated heterocycles. The van der Waals surface area contributed by atoms with E-state index in [2.05, 4.69) is 15.5 Å². The van der Waals surface area contributed by atoms with Crippen LogP contribution in [0.1, 0.15) is 139 Å². The van der Waals surface area contributed by atoms with Gasteiger partial charge in [0.15, 0.2) is 11.3 Å². The molecule has 410 valence electrons. The van der Waals surface area contributed by atoms with E-state index >= 15 is 0 Å². The van der Waals surface area contributed by atoms with Crippen molar-refractivity contribution < 1.29 is 69.2 Å². The fraction of sp³-hybridized carbons (Fsp3) is 0.491. The van der Waals surface area contributed by atoms with Crippen LogP contribution in [-0.4, -0.2) is 108 Å². The summed E-state index contributed by atoms with van der Waals surface area (Å²) in [6.45, 7) is 16.4. The first-order valence-corrected chi connectivity index (χ1v) is 28.6. The van der Waals surface area contributed by atoms with Crippen LogP contribution in [0, 0.1) is 20.8 Å².